The van der Waals surface area contributed by atoms with E-state index in [0.717, 1.165) is 75.0 Å². The van der Waals surface area contributed by atoms with Crippen LogP contribution in [0.3, 0.4) is 0 Å². The van der Waals surface area contributed by atoms with Crippen molar-refractivity contribution in [3.63, 3.8) is 0 Å². The molecule has 3 aliphatic rings. The van der Waals surface area contributed by atoms with E-state index in [4.69, 9.17) is 0 Å². The standard InChI is InChI=1S/C24H26F5N5O2S.2C2H6/c25-20(26)15-9-17(31-11-24(27,28)29)30-10-16(15)19-18(23(36)34-13-5-6-14(34)8-7-13)33-22(37-19)21(35)32-12-3-1-2-4-12;2*1-2/h9-10,12-14,20H,1-8,11H2,(H,30,31)(H,32,35);2*1-2H3. The van der Waals surface area contributed by atoms with Gasteiger partial charge in [0.1, 0.15) is 18.1 Å². The number of hydrogen-bond donors (Lipinski definition) is 2. The van der Waals surface area contributed by atoms with E-state index < -0.39 is 36.5 Å². The summed E-state index contributed by atoms with van der Waals surface area (Å²) in [4.78, 5) is 36.6. The average Bonchev–Trinajstić information content (AvgIpc) is 3.78. The van der Waals surface area contributed by atoms with E-state index in [-0.39, 0.29) is 45.1 Å². The van der Waals surface area contributed by atoms with Crippen LogP contribution in [-0.2, 0) is 0 Å². The van der Waals surface area contributed by atoms with Crippen molar-refractivity contribution in [2.45, 2.75) is 110 Å². The van der Waals surface area contributed by atoms with Crippen LogP contribution in [0.4, 0.5) is 27.8 Å². The summed E-state index contributed by atoms with van der Waals surface area (Å²) in [5.74, 6) is -1.27. The van der Waals surface area contributed by atoms with Crippen LogP contribution in [0.2, 0.25) is 0 Å². The van der Waals surface area contributed by atoms with Gasteiger partial charge in [-0.15, -0.1) is 11.3 Å². The topological polar surface area (TPSA) is 87.2 Å². The number of anilines is 1. The summed E-state index contributed by atoms with van der Waals surface area (Å²) < 4.78 is 66.0. The molecular formula is C28H38F5N5O2S. The highest BCUT2D eigenvalue weighted by molar-refractivity contribution is 7.17. The van der Waals surface area contributed by atoms with Crippen molar-refractivity contribution in [1.82, 2.24) is 20.2 Å². The Bertz CT molecular complexity index is 1160. The average molecular weight is 604 g/mol. The largest absolute Gasteiger partial charge is 0.405 e. The predicted octanol–water partition coefficient (Wildman–Crippen LogP) is 7.61. The number of nitrogens with zero attached hydrogens (tertiary/aromatic N) is 3. The van der Waals surface area contributed by atoms with Gasteiger partial charge in [0.2, 0.25) is 0 Å². The van der Waals surface area contributed by atoms with Crippen molar-refractivity contribution < 1.29 is 31.5 Å². The molecule has 0 spiro atoms. The van der Waals surface area contributed by atoms with Gasteiger partial charge in [-0.3, -0.25) is 9.59 Å². The molecule has 2 N–H and O–H groups in total. The number of amides is 2. The lowest BCUT2D eigenvalue weighted by atomic mass is 10.0. The Kier molecular flexibility index (Phi) is 11.5. The Morgan fingerprint density at radius 3 is 2.15 bits per heavy atom. The molecule has 3 fully saturated rings. The van der Waals surface area contributed by atoms with Gasteiger partial charge in [0.05, 0.1) is 4.88 Å². The van der Waals surface area contributed by atoms with Gasteiger partial charge in [0, 0.05) is 35.4 Å². The minimum absolute atomic E-state index is 0.00860. The van der Waals surface area contributed by atoms with Crippen LogP contribution >= 0.6 is 11.3 Å². The first kappa shape index (κ1) is 32.7. The fourth-order valence-corrected chi connectivity index (χ4v) is 6.55. The highest BCUT2D eigenvalue weighted by atomic mass is 32.1. The summed E-state index contributed by atoms with van der Waals surface area (Å²) in [7, 11) is 0. The van der Waals surface area contributed by atoms with Gasteiger partial charge in [0.25, 0.3) is 18.2 Å². The molecule has 7 nitrogen and oxygen atoms in total. The number of carbonyl (C=O) groups excluding carboxylic acids is 2. The highest BCUT2D eigenvalue weighted by Gasteiger charge is 2.44. The van der Waals surface area contributed by atoms with Crippen LogP contribution in [0.15, 0.2) is 12.3 Å². The molecule has 13 heteroatoms. The Morgan fingerprint density at radius 1 is 1.02 bits per heavy atom. The number of thiazole rings is 1. The summed E-state index contributed by atoms with van der Waals surface area (Å²) in [6.07, 6.45) is 0.471. The number of carbonyl (C=O) groups is 2. The SMILES string of the molecule is CC.CC.O=C(NC1CCCC1)c1nc(C(=O)N2C3CCC2CC3)c(-c2cnc(NCC(F)(F)F)cc2C(F)F)s1. The molecule has 2 saturated heterocycles. The number of halogens is 5. The van der Waals surface area contributed by atoms with Gasteiger partial charge in [-0.05, 0) is 44.6 Å². The molecule has 2 aromatic rings. The summed E-state index contributed by atoms with van der Waals surface area (Å²) in [6.45, 7) is 6.57. The minimum Gasteiger partial charge on any atom is -0.361 e. The van der Waals surface area contributed by atoms with Gasteiger partial charge in [0.15, 0.2) is 5.01 Å². The second kappa shape index (κ2) is 14.4. The van der Waals surface area contributed by atoms with E-state index in [9.17, 15) is 31.5 Å². The molecule has 4 heterocycles. The number of nitrogens with one attached hydrogen (secondary N) is 2. The number of pyridine rings is 1. The van der Waals surface area contributed by atoms with Crippen LogP contribution in [0.1, 0.15) is 111 Å². The second-order valence-electron chi connectivity index (χ2n) is 9.75. The minimum atomic E-state index is -4.56. The monoisotopic (exact) mass is 603 g/mol. The summed E-state index contributed by atoms with van der Waals surface area (Å²) in [6, 6.07) is 0.928. The number of hydrogen-bond acceptors (Lipinski definition) is 6. The second-order valence-corrected chi connectivity index (χ2v) is 10.8. The van der Waals surface area contributed by atoms with E-state index in [0.29, 0.717) is 0 Å². The quantitative estimate of drug-likeness (QED) is 0.318. The molecule has 228 valence electrons. The molecule has 5 rings (SSSR count). The number of fused-ring (bicyclic) bond motifs is 2. The Labute approximate surface area is 241 Å². The van der Waals surface area contributed by atoms with Crippen LogP contribution < -0.4 is 10.6 Å². The lowest BCUT2D eigenvalue weighted by molar-refractivity contribution is -0.115. The smallest absolute Gasteiger partial charge is 0.361 e. The molecule has 2 amide bonds. The van der Waals surface area contributed by atoms with Crippen molar-refractivity contribution in [2.75, 3.05) is 11.9 Å². The molecule has 0 unspecified atom stereocenters. The van der Waals surface area contributed by atoms with E-state index >= 15 is 0 Å². The molecule has 0 radical (unpaired) electrons. The zero-order valence-electron chi connectivity index (χ0n) is 23.8. The normalized spacial score (nSPS) is 19.9. The van der Waals surface area contributed by atoms with Crippen LogP contribution in [-0.4, -0.2) is 57.5 Å². The van der Waals surface area contributed by atoms with E-state index in [1.54, 1.807) is 4.90 Å². The van der Waals surface area contributed by atoms with Crippen LogP contribution in [0.25, 0.3) is 10.4 Å². The zero-order valence-corrected chi connectivity index (χ0v) is 24.6. The van der Waals surface area contributed by atoms with E-state index in [1.165, 1.54) is 0 Å². The van der Waals surface area contributed by atoms with Crippen LogP contribution in [0, 0.1) is 0 Å². The lowest BCUT2D eigenvalue weighted by Gasteiger charge is -2.22. The third kappa shape index (κ3) is 7.72. The number of aromatic nitrogens is 2. The fourth-order valence-electron chi connectivity index (χ4n) is 5.56. The Hall–Kier alpha value is -2.83. The van der Waals surface area contributed by atoms with Crippen molar-refractivity contribution in [1.29, 1.82) is 0 Å². The summed E-state index contributed by atoms with van der Waals surface area (Å²) >= 11 is 0.825. The maximum Gasteiger partial charge on any atom is 0.405 e. The maximum atomic E-state index is 14.1. The molecule has 2 aromatic heterocycles. The molecule has 1 saturated carbocycles. The Morgan fingerprint density at radius 2 is 1.61 bits per heavy atom. The molecule has 2 aliphatic heterocycles. The summed E-state index contributed by atoms with van der Waals surface area (Å²) in [5, 5.41) is 4.89. The lowest BCUT2D eigenvalue weighted by Crippen LogP contribution is -2.36. The van der Waals surface area contributed by atoms with Gasteiger partial charge < -0.3 is 15.5 Å². The van der Waals surface area contributed by atoms with E-state index in [1.807, 2.05) is 33.0 Å². The molecular weight excluding hydrogens is 565 g/mol. The summed E-state index contributed by atoms with van der Waals surface area (Å²) in [5.41, 5.74) is -0.815. The molecule has 0 aromatic carbocycles. The third-order valence-corrected chi connectivity index (χ3v) is 8.37. The van der Waals surface area contributed by atoms with Gasteiger partial charge in [-0.2, -0.15) is 13.2 Å². The zero-order chi connectivity index (χ0) is 30.3. The van der Waals surface area contributed by atoms with Gasteiger partial charge in [-0.25, -0.2) is 18.7 Å². The van der Waals surface area contributed by atoms with Gasteiger partial charge >= 0.3 is 6.18 Å². The fraction of sp³-hybridized carbons (Fsp3) is 0.643. The maximum absolute atomic E-state index is 14.1. The van der Waals surface area contributed by atoms with Crippen molar-refractivity contribution in [3.05, 3.63) is 28.5 Å². The first-order chi connectivity index (χ1) is 19.6. The van der Waals surface area contributed by atoms with E-state index in [2.05, 4.69) is 15.3 Å². The third-order valence-electron chi connectivity index (χ3n) is 7.29. The predicted molar refractivity (Wildman–Crippen MR) is 149 cm³/mol. The molecule has 0 atom stereocenters. The van der Waals surface area contributed by atoms with Crippen molar-refractivity contribution in [2.24, 2.45) is 0 Å². The number of rotatable bonds is 7. The number of alkyl halides is 5. The van der Waals surface area contributed by atoms with Crippen molar-refractivity contribution in [3.8, 4) is 10.4 Å². The van der Waals surface area contributed by atoms with Crippen molar-refractivity contribution >= 4 is 29.0 Å². The first-order valence-corrected chi connectivity index (χ1v) is 15.2. The van der Waals surface area contributed by atoms with Gasteiger partial charge in [-0.1, -0.05) is 40.5 Å². The Balaban J connectivity index is 0.00000111. The molecule has 1 aliphatic carbocycles. The molecule has 41 heavy (non-hydrogen) atoms. The molecule has 2 bridgehead atoms. The highest BCUT2D eigenvalue weighted by Crippen LogP contribution is 2.42. The first-order valence-electron chi connectivity index (χ1n) is 14.3. The van der Waals surface area contributed by atoms with Crippen LogP contribution in [0.5, 0.6) is 0 Å².